The predicted molar refractivity (Wildman–Crippen MR) is 111 cm³/mol. The number of aliphatic hydroxyl groups is 1. The predicted octanol–water partition coefficient (Wildman–Crippen LogP) is 4.64. The van der Waals surface area contributed by atoms with Gasteiger partial charge in [0.15, 0.2) is 16.2 Å². The summed E-state index contributed by atoms with van der Waals surface area (Å²) in [6.07, 6.45) is -0.0890. The van der Waals surface area contributed by atoms with Gasteiger partial charge in [-0.1, -0.05) is 67.6 Å². The second-order valence-corrected chi connectivity index (χ2v) is 5.85. The summed E-state index contributed by atoms with van der Waals surface area (Å²) in [6, 6.07) is 18.4. The van der Waals surface area contributed by atoms with Gasteiger partial charge in [0.05, 0.1) is 6.61 Å². The van der Waals surface area contributed by atoms with E-state index >= 15 is 0 Å². The quantitative estimate of drug-likeness (QED) is 0.573. The molecule has 138 valence electrons. The van der Waals surface area contributed by atoms with E-state index in [2.05, 4.69) is 12.2 Å². The van der Waals surface area contributed by atoms with Gasteiger partial charge in [-0.05, 0) is 37.8 Å². The van der Waals surface area contributed by atoms with Gasteiger partial charge >= 0.3 is 5.97 Å². The largest absolute Gasteiger partial charge is 0.499 e. The minimum Gasteiger partial charge on any atom is -0.499 e. The van der Waals surface area contributed by atoms with Crippen molar-refractivity contribution in [1.29, 1.82) is 0 Å². The van der Waals surface area contributed by atoms with Crippen LogP contribution in [0.4, 0.5) is 0 Å². The van der Waals surface area contributed by atoms with Gasteiger partial charge in [-0.3, -0.25) is 0 Å². The van der Waals surface area contributed by atoms with E-state index < -0.39 is 6.10 Å². The van der Waals surface area contributed by atoms with Gasteiger partial charge in [0, 0.05) is 11.1 Å². The summed E-state index contributed by atoms with van der Waals surface area (Å²) in [5, 5.41) is 9.03. The normalized spacial score (nSPS) is 10.7. The molecule has 0 aliphatic rings. The number of thiocarbonyl (C=S) groups is 2. The van der Waals surface area contributed by atoms with Gasteiger partial charge in [0.2, 0.25) is 0 Å². The third-order valence-corrected chi connectivity index (χ3v) is 3.77. The van der Waals surface area contributed by atoms with Crippen LogP contribution in [0.15, 0.2) is 60.7 Å². The standard InChI is InChI=1S/C13H16O3S.C7H6OS/c1-3-11(12(14)15-4-2)16-13(17)10-8-6-5-7-9-10;8-7(9)6-4-2-1-3-5-6/h5-9,11H,3-4H2,1-2H3;1-5H,(H,8,9). The fourth-order valence-electron chi connectivity index (χ4n) is 1.89. The van der Waals surface area contributed by atoms with Crippen LogP contribution in [0.2, 0.25) is 0 Å². The van der Waals surface area contributed by atoms with Gasteiger partial charge < -0.3 is 14.6 Å². The molecule has 0 spiro atoms. The molecule has 26 heavy (non-hydrogen) atoms. The van der Waals surface area contributed by atoms with Crippen molar-refractivity contribution in [2.45, 2.75) is 26.4 Å². The average molecular weight is 391 g/mol. The number of benzene rings is 2. The van der Waals surface area contributed by atoms with Gasteiger partial charge in [-0.25, -0.2) is 4.79 Å². The van der Waals surface area contributed by atoms with Crippen molar-refractivity contribution in [3.05, 3.63) is 71.8 Å². The third kappa shape index (κ3) is 7.72. The fourth-order valence-corrected chi connectivity index (χ4v) is 2.27. The Morgan fingerprint density at radius 1 is 0.962 bits per heavy atom. The van der Waals surface area contributed by atoms with Gasteiger partial charge in [-0.15, -0.1) is 0 Å². The number of rotatable bonds is 6. The van der Waals surface area contributed by atoms with Crippen LogP contribution in [0.5, 0.6) is 0 Å². The first-order chi connectivity index (χ1) is 12.5. The second-order valence-electron chi connectivity index (χ2n) is 5.09. The summed E-state index contributed by atoms with van der Waals surface area (Å²) < 4.78 is 10.4. The molecule has 1 N–H and O–H groups in total. The summed E-state index contributed by atoms with van der Waals surface area (Å²) in [6.45, 7) is 3.96. The molecule has 1 unspecified atom stereocenters. The molecule has 0 aliphatic heterocycles. The molecule has 0 saturated carbocycles. The van der Waals surface area contributed by atoms with Crippen LogP contribution < -0.4 is 0 Å². The van der Waals surface area contributed by atoms with Crippen molar-refractivity contribution in [2.24, 2.45) is 0 Å². The van der Waals surface area contributed by atoms with Gasteiger partial charge in [0.25, 0.3) is 0 Å². The summed E-state index contributed by atoms with van der Waals surface area (Å²) in [5.74, 6) is -0.367. The lowest BCUT2D eigenvalue weighted by Gasteiger charge is -2.16. The Labute approximate surface area is 164 Å². The number of hydrogen-bond donors (Lipinski definition) is 1. The molecular formula is C20H22O4S2. The second kappa shape index (κ2) is 12.1. The van der Waals surface area contributed by atoms with E-state index in [9.17, 15) is 4.79 Å². The zero-order valence-electron chi connectivity index (χ0n) is 14.8. The Morgan fingerprint density at radius 2 is 1.46 bits per heavy atom. The van der Waals surface area contributed by atoms with E-state index in [0.717, 1.165) is 5.56 Å². The molecule has 0 aliphatic carbocycles. The Bertz CT molecular complexity index is 702. The highest BCUT2D eigenvalue weighted by Crippen LogP contribution is 2.09. The summed E-state index contributed by atoms with van der Waals surface area (Å²) in [4.78, 5) is 11.5. The van der Waals surface area contributed by atoms with Gasteiger partial charge in [-0.2, -0.15) is 0 Å². The van der Waals surface area contributed by atoms with Gasteiger partial charge in [0.1, 0.15) is 0 Å². The maximum Gasteiger partial charge on any atom is 0.347 e. The first kappa shape index (κ1) is 21.7. The molecule has 0 heterocycles. The van der Waals surface area contributed by atoms with Crippen LogP contribution in [0.1, 0.15) is 31.4 Å². The molecule has 2 aromatic rings. The number of carbonyl (C=O) groups excluding carboxylic acids is 1. The first-order valence-corrected chi connectivity index (χ1v) is 9.02. The Kier molecular flexibility index (Phi) is 10.1. The number of aliphatic hydroxyl groups excluding tert-OH is 1. The molecule has 1 atom stereocenters. The zero-order chi connectivity index (χ0) is 19.4. The van der Waals surface area contributed by atoms with Crippen molar-refractivity contribution in [1.82, 2.24) is 0 Å². The molecule has 2 aromatic carbocycles. The smallest absolute Gasteiger partial charge is 0.347 e. The molecule has 2 rings (SSSR count). The van der Waals surface area contributed by atoms with E-state index in [1.54, 1.807) is 19.1 Å². The van der Waals surface area contributed by atoms with Crippen LogP contribution in [-0.4, -0.2) is 33.9 Å². The summed E-state index contributed by atoms with van der Waals surface area (Å²) in [5.41, 5.74) is 1.50. The SMILES string of the molecule is CCOC(=O)C(CC)OC(=S)c1ccccc1.OC(=S)c1ccccc1. The lowest BCUT2D eigenvalue weighted by atomic mass is 10.2. The highest BCUT2D eigenvalue weighted by molar-refractivity contribution is 7.80. The molecule has 0 amide bonds. The molecule has 0 saturated heterocycles. The van der Waals surface area contributed by atoms with Crippen LogP contribution in [0.3, 0.4) is 0 Å². The van der Waals surface area contributed by atoms with E-state index in [-0.39, 0.29) is 11.0 Å². The number of ether oxygens (including phenoxy) is 2. The molecule has 0 bridgehead atoms. The maximum absolute atomic E-state index is 11.5. The molecule has 0 fully saturated rings. The Hall–Kier alpha value is -2.31. The highest BCUT2D eigenvalue weighted by Gasteiger charge is 2.21. The molecule has 0 radical (unpaired) electrons. The van der Waals surface area contributed by atoms with Crippen molar-refractivity contribution in [3.8, 4) is 0 Å². The Morgan fingerprint density at radius 3 is 1.85 bits per heavy atom. The first-order valence-electron chi connectivity index (χ1n) is 8.20. The fraction of sp³-hybridized carbons (Fsp3) is 0.250. The van der Waals surface area contributed by atoms with Crippen molar-refractivity contribution < 1.29 is 19.4 Å². The van der Waals surface area contributed by atoms with Crippen LogP contribution >= 0.6 is 24.4 Å². The van der Waals surface area contributed by atoms with E-state index in [0.29, 0.717) is 23.6 Å². The van der Waals surface area contributed by atoms with Crippen LogP contribution in [-0.2, 0) is 14.3 Å². The minimum atomic E-state index is -0.623. The lowest BCUT2D eigenvalue weighted by Crippen LogP contribution is -2.28. The van der Waals surface area contributed by atoms with E-state index in [1.807, 2.05) is 55.5 Å². The van der Waals surface area contributed by atoms with E-state index in [1.165, 1.54) is 0 Å². The van der Waals surface area contributed by atoms with Crippen molar-refractivity contribution in [3.63, 3.8) is 0 Å². The summed E-state index contributed by atoms with van der Waals surface area (Å²) in [7, 11) is 0. The topological polar surface area (TPSA) is 55.8 Å². The number of hydrogen-bond acceptors (Lipinski definition) is 5. The maximum atomic E-state index is 11.5. The number of esters is 1. The van der Waals surface area contributed by atoms with E-state index in [4.69, 9.17) is 26.8 Å². The minimum absolute atomic E-state index is 0.0457. The monoisotopic (exact) mass is 390 g/mol. The lowest BCUT2D eigenvalue weighted by molar-refractivity contribution is -0.152. The highest BCUT2D eigenvalue weighted by atomic mass is 32.1. The number of carbonyl (C=O) groups is 1. The molecule has 4 nitrogen and oxygen atoms in total. The average Bonchev–Trinajstić information content (AvgIpc) is 2.68. The third-order valence-electron chi connectivity index (χ3n) is 3.20. The molecular weight excluding hydrogens is 368 g/mol. The van der Waals surface area contributed by atoms with Crippen molar-refractivity contribution >= 4 is 40.5 Å². The Balaban J connectivity index is 0.000000314. The van der Waals surface area contributed by atoms with Crippen LogP contribution in [0.25, 0.3) is 0 Å². The molecule has 6 heteroatoms. The van der Waals surface area contributed by atoms with Crippen molar-refractivity contribution in [2.75, 3.05) is 6.61 Å². The van der Waals surface area contributed by atoms with Crippen LogP contribution in [0, 0.1) is 0 Å². The molecule has 0 aromatic heterocycles. The summed E-state index contributed by atoms with van der Waals surface area (Å²) >= 11 is 9.65. The zero-order valence-corrected chi connectivity index (χ0v) is 16.4.